The number of carbonyl (C=O) groups excluding carboxylic acids is 1. The number of hydrogen-bond donors (Lipinski definition) is 2. The van der Waals surface area contributed by atoms with Crippen LogP contribution in [0.5, 0.6) is 0 Å². The molecule has 26 heavy (non-hydrogen) atoms. The van der Waals surface area contributed by atoms with Gasteiger partial charge in [-0.05, 0) is 24.3 Å². The van der Waals surface area contributed by atoms with Crippen molar-refractivity contribution in [2.75, 3.05) is 10.6 Å². The van der Waals surface area contributed by atoms with Crippen molar-refractivity contribution in [3.05, 3.63) is 77.6 Å². The summed E-state index contributed by atoms with van der Waals surface area (Å²) < 4.78 is 52.4. The van der Waals surface area contributed by atoms with Gasteiger partial charge in [0.25, 0.3) is 5.91 Å². The summed E-state index contributed by atoms with van der Waals surface area (Å²) in [5, 5.41) is 4.91. The lowest BCUT2D eigenvalue weighted by Crippen LogP contribution is -2.13. The third kappa shape index (κ3) is 3.94. The van der Waals surface area contributed by atoms with Gasteiger partial charge >= 0.3 is 0 Å². The van der Waals surface area contributed by atoms with Crippen molar-refractivity contribution in [2.24, 2.45) is 0 Å². The van der Waals surface area contributed by atoms with Crippen LogP contribution in [0.15, 0.2) is 48.8 Å². The molecule has 1 aromatic heterocycles. The van der Waals surface area contributed by atoms with Gasteiger partial charge in [0.05, 0.1) is 11.3 Å². The number of amides is 1. The summed E-state index contributed by atoms with van der Waals surface area (Å²) in [6.07, 6.45) is 2.32. The molecule has 0 bridgehead atoms. The molecular weight excluding hydrogens is 352 g/mol. The topological polar surface area (TPSA) is 66.9 Å². The van der Waals surface area contributed by atoms with Gasteiger partial charge < -0.3 is 10.6 Å². The minimum absolute atomic E-state index is 0.0140. The Hall–Kier alpha value is -3.49. The van der Waals surface area contributed by atoms with Gasteiger partial charge in [0.2, 0.25) is 5.95 Å². The maximum absolute atomic E-state index is 13.6. The molecule has 0 saturated heterocycles. The number of nitrogens with zero attached hydrogens (tertiary/aromatic N) is 2. The maximum Gasteiger partial charge on any atom is 0.258 e. The molecule has 0 aliphatic carbocycles. The van der Waals surface area contributed by atoms with Gasteiger partial charge in [-0.3, -0.25) is 4.79 Å². The van der Waals surface area contributed by atoms with Gasteiger partial charge in [-0.25, -0.2) is 27.5 Å². The number of rotatable bonds is 4. The summed E-state index contributed by atoms with van der Waals surface area (Å²) in [4.78, 5) is 19.8. The van der Waals surface area contributed by atoms with E-state index < -0.39 is 29.2 Å². The number of hydrogen-bond acceptors (Lipinski definition) is 4. The first-order valence-corrected chi connectivity index (χ1v) is 7.23. The highest BCUT2D eigenvalue weighted by Gasteiger charge is 2.11. The van der Waals surface area contributed by atoms with E-state index in [0.717, 1.165) is 30.6 Å². The Morgan fingerprint density at radius 1 is 0.846 bits per heavy atom. The predicted octanol–water partition coefficient (Wildman–Crippen LogP) is 4.03. The molecule has 0 fully saturated rings. The summed E-state index contributed by atoms with van der Waals surface area (Å²) in [5.41, 5.74) is 0.0646. The van der Waals surface area contributed by atoms with Gasteiger partial charge in [0.1, 0.15) is 11.6 Å². The zero-order chi connectivity index (χ0) is 18.7. The van der Waals surface area contributed by atoms with Crippen molar-refractivity contribution in [1.82, 2.24) is 9.97 Å². The van der Waals surface area contributed by atoms with E-state index in [4.69, 9.17) is 0 Å². The smallest absolute Gasteiger partial charge is 0.258 e. The van der Waals surface area contributed by atoms with E-state index in [1.807, 2.05) is 0 Å². The first-order chi connectivity index (χ1) is 12.4. The Labute approximate surface area is 144 Å². The molecule has 2 aromatic carbocycles. The van der Waals surface area contributed by atoms with Crippen LogP contribution in [0.2, 0.25) is 0 Å². The van der Waals surface area contributed by atoms with Crippen LogP contribution >= 0.6 is 0 Å². The molecule has 2 N–H and O–H groups in total. The molecule has 0 radical (unpaired) electrons. The van der Waals surface area contributed by atoms with Crippen molar-refractivity contribution in [1.29, 1.82) is 0 Å². The standard InChI is InChI=1S/C17H10F4N4O/c18-10-1-4-15(14(21)5-10)25-17-22-7-9(8-23-17)16(26)24-11-2-3-12(19)13(20)6-11/h1-8H,(H,24,26)(H,22,23,25). The fraction of sp³-hybridized carbons (Fsp3) is 0. The number of benzene rings is 2. The van der Waals surface area contributed by atoms with E-state index in [9.17, 15) is 22.4 Å². The van der Waals surface area contributed by atoms with E-state index in [-0.39, 0.29) is 22.9 Å². The first kappa shape index (κ1) is 17.3. The van der Waals surface area contributed by atoms with Crippen LogP contribution in [0.3, 0.4) is 0 Å². The lowest BCUT2D eigenvalue weighted by Gasteiger charge is -2.08. The van der Waals surface area contributed by atoms with Crippen LogP contribution < -0.4 is 10.6 Å². The first-order valence-electron chi connectivity index (χ1n) is 7.23. The molecule has 132 valence electrons. The summed E-state index contributed by atoms with van der Waals surface area (Å²) in [5.74, 6) is -4.34. The van der Waals surface area contributed by atoms with Gasteiger partial charge in [0.15, 0.2) is 11.6 Å². The number of carbonyl (C=O) groups is 1. The SMILES string of the molecule is O=C(Nc1ccc(F)c(F)c1)c1cnc(Nc2ccc(F)cc2F)nc1. The van der Waals surface area contributed by atoms with Crippen molar-refractivity contribution in [3.63, 3.8) is 0 Å². The normalized spacial score (nSPS) is 10.5. The Morgan fingerprint density at radius 2 is 1.58 bits per heavy atom. The van der Waals surface area contributed by atoms with Crippen molar-refractivity contribution < 1.29 is 22.4 Å². The van der Waals surface area contributed by atoms with Gasteiger partial charge in [0, 0.05) is 30.2 Å². The Balaban J connectivity index is 1.70. The van der Waals surface area contributed by atoms with E-state index in [0.29, 0.717) is 6.07 Å². The molecule has 1 amide bonds. The summed E-state index contributed by atoms with van der Waals surface area (Å²) in [6.45, 7) is 0. The quantitative estimate of drug-likeness (QED) is 0.688. The van der Waals surface area contributed by atoms with Gasteiger partial charge in [-0.1, -0.05) is 0 Å². The van der Waals surface area contributed by atoms with Crippen molar-refractivity contribution >= 4 is 23.2 Å². The number of halogens is 4. The minimum atomic E-state index is -1.10. The molecule has 5 nitrogen and oxygen atoms in total. The highest BCUT2D eigenvalue weighted by Crippen LogP contribution is 2.18. The van der Waals surface area contributed by atoms with Crippen molar-refractivity contribution in [2.45, 2.75) is 0 Å². The molecular formula is C17H10F4N4O. The van der Waals surface area contributed by atoms with Gasteiger partial charge in [-0.15, -0.1) is 0 Å². The molecule has 0 unspecified atom stereocenters. The van der Waals surface area contributed by atoms with Crippen LogP contribution in [0.25, 0.3) is 0 Å². The molecule has 0 saturated carbocycles. The van der Waals surface area contributed by atoms with Crippen molar-refractivity contribution in [3.8, 4) is 0 Å². The fourth-order valence-corrected chi connectivity index (χ4v) is 2.00. The molecule has 0 aliphatic rings. The second-order valence-electron chi connectivity index (χ2n) is 5.13. The summed E-state index contributed by atoms with van der Waals surface area (Å²) >= 11 is 0. The van der Waals surface area contributed by atoms with Crippen LogP contribution in [0.4, 0.5) is 34.9 Å². The zero-order valence-electron chi connectivity index (χ0n) is 12.9. The van der Waals surface area contributed by atoms with Crippen LogP contribution in [0, 0.1) is 23.3 Å². The van der Waals surface area contributed by atoms with Crippen LogP contribution in [0.1, 0.15) is 10.4 Å². The van der Waals surface area contributed by atoms with Crippen LogP contribution in [-0.4, -0.2) is 15.9 Å². The van der Waals surface area contributed by atoms with E-state index in [1.54, 1.807) is 0 Å². The molecule has 9 heteroatoms. The Kier molecular flexibility index (Phi) is 4.78. The van der Waals surface area contributed by atoms with E-state index in [2.05, 4.69) is 20.6 Å². The highest BCUT2D eigenvalue weighted by molar-refractivity contribution is 6.03. The van der Waals surface area contributed by atoms with E-state index >= 15 is 0 Å². The lowest BCUT2D eigenvalue weighted by molar-refractivity contribution is 0.102. The average molecular weight is 362 g/mol. The summed E-state index contributed by atoms with van der Waals surface area (Å²) in [6, 6.07) is 5.86. The summed E-state index contributed by atoms with van der Waals surface area (Å²) in [7, 11) is 0. The maximum atomic E-state index is 13.6. The molecule has 3 aromatic rings. The second-order valence-corrected chi connectivity index (χ2v) is 5.13. The molecule has 0 atom stereocenters. The third-order valence-corrected chi connectivity index (χ3v) is 3.27. The third-order valence-electron chi connectivity index (χ3n) is 3.27. The Bertz CT molecular complexity index is 963. The monoisotopic (exact) mass is 362 g/mol. The lowest BCUT2D eigenvalue weighted by atomic mass is 10.2. The molecule has 0 spiro atoms. The van der Waals surface area contributed by atoms with E-state index in [1.165, 1.54) is 12.1 Å². The van der Waals surface area contributed by atoms with Crippen LogP contribution in [-0.2, 0) is 0 Å². The number of aromatic nitrogens is 2. The molecule has 0 aliphatic heterocycles. The average Bonchev–Trinajstić information content (AvgIpc) is 2.61. The largest absolute Gasteiger partial charge is 0.322 e. The number of nitrogens with one attached hydrogen (secondary N) is 2. The number of anilines is 3. The van der Waals surface area contributed by atoms with Gasteiger partial charge in [-0.2, -0.15) is 0 Å². The molecule has 3 rings (SSSR count). The fourth-order valence-electron chi connectivity index (χ4n) is 2.00. The minimum Gasteiger partial charge on any atom is -0.322 e. The zero-order valence-corrected chi connectivity index (χ0v) is 12.9. The predicted molar refractivity (Wildman–Crippen MR) is 86.0 cm³/mol. The second kappa shape index (κ2) is 7.18. The Morgan fingerprint density at radius 3 is 2.23 bits per heavy atom. The molecule has 1 heterocycles. The highest BCUT2D eigenvalue weighted by atomic mass is 19.2.